The number of aromatic amines is 2. The lowest BCUT2D eigenvalue weighted by Crippen LogP contribution is -2.62. The zero-order valence-electron chi connectivity index (χ0n) is 15.3. The maximum atomic E-state index is 12.0. The van der Waals surface area contributed by atoms with Crippen molar-refractivity contribution in [2.24, 2.45) is 0 Å². The van der Waals surface area contributed by atoms with E-state index in [-0.39, 0.29) is 0 Å². The van der Waals surface area contributed by atoms with Crippen LogP contribution in [-0.2, 0) is 14.2 Å². The van der Waals surface area contributed by atoms with Crippen molar-refractivity contribution in [3.05, 3.63) is 20.8 Å². The van der Waals surface area contributed by atoms with Crippen molar-refractivity contribution in [3.8, 4) is 5.75 Å². The molecule has 1 aromatic rings. The number of hydrogen-bond donors (Lipinski definition) is 9. The van der Waals surface area contributed by atoms with E-state index in [9.17, 15) is 35.1 Å². The molecule has 9 atom stereocenters. The van der Waals surface area contributed by atoms with E-state index in [1.807, 2.05) is 4.98 Å². The van der Waals surface area contributed by atoms with Crippen LogP contribution in [0.2, 0.25) is 0 Å². The molecule has 0 saturated carbocycles. The smallest absolute Gasteiger partial charge is 0.327 e. The van der Waals surface area contributed by atoms with E-state index in [4.69, 9.17) is 29.8 Å². The molecule has 2 aliphatic heterocycles. The predicted molar refractivity (Wildman–Crippen MR) is 93.1 cm³/mol. The van der Waals surface area contributed by atoms with Gasteiger partial charge in [-0.1, -0.05) is 0 Å². The van der Waals surface area contributed by atoms with E-state index in [2.05, 4.69) is 4.98 Å². The molecule has 2 saturated heterocycles. The van der Waals surface area contributed by atoms with Crippen LogP contribution in [0.3, 0.4) is 0 Å². The molecule has 15 nitrogen and oxygen atoms in total. The van der Waals surface area contributed by atoms with Crippen molar-refractivity contribution in [1.82, 2.24) is 9.97 Å². The van der Waals surface area contributed by atoms with E-state index in [1.54, 1.807) is 0 Å². The molecule has 3 heterocycles. The highest BCUT2D eigenvalue weighted by Gasteiger charge is 2.51. The number of aromatic nitrogens is 2. The van der Waals surface area contributed by atoms with Gasteiger partial charge in [-0.05, 0) is 0 Å². The number of rotatable bonds is 6. The molecule has 1 aromatic heterocycles. The first-order valence-corrected chi connectivity index (χ1v) is 8.87. The molecule has 0 spiro atoms. The molecule has 0 aromatic carbocycles. The van der Waals surface area contributed by atoms with Gasteiger partial charge < -0.3 is 55.3 Å². The second kappa shape index (κ2) is 8.96. The zero-order chi connectivity index (χ0) is 22.2. The lowest BCUT2D eigenvalue weighted by atomic mass is 9.99. The predicted octanol–water partition coefficient (Wildman–Crippen LogP) is -5.71. The van der Waals surface area contributed by atoms with Gasteiger partial charge in [-0.3, -0.25) is 14.8 Å². The standard InChI is InChI=1S/C15H23N3O12/c16-11-10(12(25)18-15(26)17-11)30-14-9(7(23)5(21)3(1-19)28-14)29-13-8(24)6(22)4(2-20)27-13/h3-9,13-14,19-24H,1-2H2,(H4,16,17,18,25,26). The topological polar surface area (TPSA) is 250 Å². The number of aliphatic hydroxyl groups is 6. The van der Waals surface area contributed by atoms with Gasteiger partial charge in [-0.15, -0.1) is 0 Å². The summed E-state index contributed by atoms with van der Waals surface area (Å²) in [5.74, 6) is -1.07. The Hall–Kier alpha value is -2.08. The first-order valence-electron chi connectivity index (χ1n) is 8.87. The summed E-state index contributed by atoms with van der Waals surface area (Å²) in [5, 5.41) is 59.0. The number of hydrogen-bond acceptors (Lipinski definition) is 13. The molecule has 3 rings (SSSR count). The van der Waals surface area contributed by atoms with Gasteiger partial charge in [0.1, 0.15) is 36.6 Å². The van der Waals surface area contributed by atoms with Crippen molar-refractivity contribution in [2.45, 2.75) is 55.3 Å². The van der Waals surface area contributed by atoms with Crippen molar-refractivity contribution >= 4 is 5.82 Å². The van der Waals surface area contributed by atoms with Crippen LogP contribution in [0.25, 0.3) is 0 Å². The number of nitrogen functional groups attached to an aromatic ring is 1. The van der Waals surface area contributed by atoms with E-state index in [1.165, 1.54) is 0 Å². The highest BCUT2D eigenvalue weighted by molar-refractivity contribution is 5.42. The van der Waals surface area contributed by atoms with Gasteiger partial charge in [-0.2, -0.15) is 0 Å². The average molecular weight is 437 g/mol. The summed E-state index contributed by atoms with van der Waals surface area (Å²) in [6.45, 7) is -1.38. The minimum Gasteiger partial charge on any atom is -0.452 e. The number of nitrogens with one attached hydrogen (secondary N) is 2. The van der Waals surface area contributed by atoms with Gasteiger partial charge in [0.2, 0.25) is 12.0 Å². The molecule has 0 aliphatic carbocycles. The lowest BCUT2D eigenvalue weighted by molar-refractivity contribution is -0.320. The summed E-state index contributed by atoms with van der Waals surface area (Å²) in [6, 6.07) is 0. The zero-order valence-corrected chi connectivity index (χ0v) is 15.3. The van der Waals surface area contributed by atoms with Crippen LogP contribution in [-0.4, -0.2) is 109 Å². The van der Waals surface area contributed by atoms with Crippen LogP contribution in [0.5, 0.6) is 5.75 Å². The lowest BCUT2D eigenvalue weighted by Gasteiger charge is -2.42. The number of ether oxygens (including phenoxy) is 4. The van der Waals surface area contributed by atoms with Gasteiger partial charge in [-0.25, -0.2) is 4.79 Å². The Morgan fingerprint density at radius 2 is 1.43 bits per heavy atom. The molecule has 30 heavy (non-hydrogen) atoms. The molecule has 10 N–H and O–H groups in total. The van der Waals surface area contributed by atoms with E-state index < -0.39 is 91.3 Å². The van der Waals surface area contributed by atoms with Crippen molar-refractivity contribution in [3.63, 3.8) is 0 Å². The van der Waals surface area contributed by atoms with Crippen molar-refractivity contribution in [2.75, 3.05) is 18.9 Å². The molecule has 15 heteroatoms. The minimum atomic E-state index is -1.77. The van der Waals surface area contributed by atoms with Gasteiger partial charge in [0.05, 0.1) is 13.2 Å². The van der Waals surface area contributed by atoms with Gasteiger partial charge in [0.25, 0.3) is 5.56 Å². The normalized spacial score (nSPS) is 39.2. The van der Waals surface area contributed by atoms with Crippen LogP contribution < -0.4 is 21.7 Å². The average Bonchev–Trinajstić information content (AvgIpc) is 2.97. The Morgan fingerprint density at radius 3 is 2.00 bits per heavy atom. The maximum Gasteiger partial charge on any atom is 0.327 e. The molecule has 170 valence electrons. The van der Waals surface area contributed by atoms with E-state index in [0.717, 1.165) is 0 Å². The SMILES string of the molecule is Nc1[nH]c(=O)[nH]c(=O)c1OC1OC(CO)C(O)C(O)C1OC1OC(CO)C(O)C1O. The van der Waals surface area contributed by atoms with E-state index in [0.29, 0.717) is 0 Å². The van der Waals surface area contributed by atoms with Gasteiger partial charge in [0, 0.05) is 0 Å². The third kappa shape index (κ3) is 4.20. The summed E-state index contributed by atoms with van der Waals surface area (Å²) in [5.41, 5.74) is 3.63. The molecule has 2 fully saturated rings. The fourth-order valence-electron chi connectivity index (χ4n) is 3.15. The Morgan fingerprint density at radius 1 is 0.867 bits per heavy atom. The van der Waals surface area contributed by atoms with Gasteiger partial charge >= 0.3 is 5.69 Å². The fourth-order valence-corrected chi connectivity index (χ4v) is 3.15. The summed E-state index contributed by atoms with van der Waals surface area (Å²) in [6.07, 6.45) is -14.0. The van der Waals surface area contributed by atoms with Crippen LogP contribution in [0.4, 0.5) is 5.82 Å². The number of H-pyrrole nitrogens is 2. The minimum absolute atomic E-state index is 0.472. The molecule has 0 amide bonds. The van der Waals surface area contributed by atoms with Crippen LogP contribution >= 0.6 is 0 Å². The third-order valence-electron chi connectivity index (χ3n) is 4.77. The summed E-state index contributed by atoms with van der Waals surface area (Å²) >= 11 is 0. The van der Waals surface area contributed by atoms with Crippen molar-refractivity contribution in [1.29, 1.82) is 0 Å². The van der Waals surface area contributed by atoms with Crippen molar-refractivity contribution < 1.29 is 49.6 Å². The summed E-state index contributed by atoms with van der Waals surface area (Å²) in [4.78, 5) is 27.2. The van der Waals surface area contributed by atoms with Crippen LogP contribution in [0.1, 0.15) is 0 Å². The Labute approximate surface area is 167 Å². The first kappa shape index (κ1) is 22.6. The second-order valence-electron chi connectivity index (χ2n) is 6.78. The third-order valence-corrected chi connectivity index (χ3v) is 4.77. The maximum absolute atomic E-state index is 12.0. The summed E-state index contributed by atoms with van der Waals surface area (Å²) in [7, 11) is 0. The Balaban J connectivity index is 1.88. The first-order chi connectivity index (χ1) is 14.2. The highest BCUT2D eigenvalue weighted by Crippen LogP contribution is 2.30. The molecule has 2 aliphatic rings. The Bertz CT molecular complexity index is 845. The fraction of sp³-hybridized carbons (Fsp3) is 0.733. The van der Waals surface area contributed by atoms with Gasteiger partial charge in [0.15, 0.2) is 18.2 Å². The molecular weight excluding hydrogens is 414 g/mol. The van der Waals surface area contributed by atoms with E-state index >= 15 is 0 Å². The largest absolute Gasteiger partial charge is 0.452 e. The molecule has 9 unspecified atom stereocenters. The number of nitrogens with two attached hydrogens (primary N) is 1. The number of aliphatic hydroxyl groups excluding tert-OH is 6. The molecule has 0 radical (unpaired) electrons. The second-order valence-corrected chi connectivity index (χ2v) is 6.78. The molecule has 0 bridgehead atoms. The summed E-state index contributed by atoms with van der Waals surface area (Å²) < 4.78 is 21.3. The quantitative estimate of drug-likeness (QED) is 0.201. The molecular formula is C15H23N3O12. The number of anilines is 1. The highest BCUT2D eigenvalue weighted by atomic mass is 16.8. The monoisotopic (exact) mass is 437 g/mol. The Kier molecular flexibility index (Phi) is 6.75. The van der Waals surface area contributed by atoms with Crippen LogP contribution in [0, 0.1) is 0 Å². The van der Waals surface area contributed by atoms with Crippen LogP contribution in [0.15, 0.2) is 9.59 Å².